The van der Waals surface area contributed by atoms with Crippen LogP contribution >= 0.6 is 0 Å². The number of aryl methyl sites for hydroxylation is 1. The second kappa shape index (κ2) is 6.51. The Morgan fingerprint density at radius 2 is 1.96 bits per heavy atom. The molecule has 0 spiro atoms. The quantitative estimate of drug-likeness (QED) is 0.765. The first-order valence-electron chi connectivity index (χ1n) is 8.35. The number of fused-ring (bicyclic) bond motifs is 2. The highest BCUT2D eigenvalue weighted by Crippen LogP contribution is 2.32. The van der Waals surface area contributed by atoms with Gasteiger partial charge in [0, 0.05) is 11.8 Å². The van der Waals surface area contributed by atoms with Crippen molar-refractivity contribution in [1.82, 2.24) is 5.32 Å². The van der Waals surface area contributed by atoms with Crippen molar-refractivity contribution in [1.29, 1.82) is 0 Å². The summed E-state index contributed by atoms with van der Waals surface area (Å²) in [7, 11) is 0. The van der Waals surface area contributed by atoms with Crippen LogP contribution in [0.2, 0.25) is 0 Å². The Kier molecular flexibility index (Phi) is 4.06. The molecule has 1 aliphatic heterocycles. The van der Waals surface area contributed by atoms with Crippen molar-refractivity contribution >= 4 is 16.9 Å². The molecule has 2 aromatic carbocycles. The fourth-order valence-corrected chi connectivity index (χ4v) is 2.95. The molecule has 1 unspecified atom stereocenters. The summed E-state index contributed by atoms with van der Waals surface area (Å²) < 4.78 is 16.5. The largest absolute Gasteiger partial charge is 0.459 e. The molecular weight excluding hydrogens is 318 g/mol. The fourth-order valence-electron chi connectivity index (χ4n) is 2.95. The molecule has 1 aromatic heterocycles. The van der Waals surface area contributed by atoms with E-state index >= 15 is 0 Å². The average Bonchev–Trinajstić information content (AvgIpc) is 3.25. The van der Waals surface area contributed by atoms with Gasteiger partial charge in [-0.1, -0.05) is 24.3 Å². The second-order valence-corrected chi connectivity index (χ2v) is 6.16. The molecule has 0 saturated heterocycles. The van der Waals surface area contributed by atoms with E-state index in [0.717, 1.165) is 33.8 Å². The molecule has 1 amide bonds. The van der Waals surface area contributed by atoms with Crippen LogP contribution in [0.25, 0.3) is 11.0 Å². The van der Waals surface area contributed by atoms with Gasteiger partial charge in [-0.25, -0.2) is 0 Å². The molecular formula is C20H19NO4. The standard InChI is InChI=1S/C20H19NO4/c1-13(18-11-15-4-2-3-5-16(15)25-18)21-20(22)9-7-14-6-8-17-19(10-14)24-12-23-17/h2-6,8,10-11,13H,7,9,12H2,1H3,(H,21,22). The molecule has 1 aliphatic rings. The Hall–Kier alpha value is -2.95. The molecule has 1 N–H and O–H groups in total. The SMILES string of the molecule is CC(NC(=O)CCc1ccc2c(c1)OCO2)c1cc2ccccc2o1. The van der Waals surface area contributed by atoms with Gasteiger partial charge in [0.15, 0.2) is 11.5 Å². The van der Waals surface area contributed by atoms with Gasteiger partial charge in [0.05, 0.1) is 6.04 Å². The highest BCUT2D eigenvalue weighted by atomic mass is 16.7. The number of furan rings is 1. The Balaban J connectivity index is 1.35. The molecule has 25 heavy (non-hydrogen) atoms. The molecule has 0 radical (unpaired) electrons. The third-order valence-corrected chi connectivity index (χ3v) is 4.33. The summed E-state index contributed by atoms with van der Waals surface area (Å²) in [6, 6.07) is 15.4. The van der Waals surface area contributed by atoms with Gasteiger partial charge >= 0.3 is 0 Å². The minimum atomic E-state index is -0.170. The molecule has 5 nitrogen and oxygen atoms in total. The summed E-state index contributed by atoms with van der Waals surface area (Å²) in [5, 5.41) is 4.03. The van der Waals surface area contributed by atoms with Crippen LogP contribution in [0.5, 0.6) is 11.5 Å². The first-order chi connectivity index (χ1) is 12.2. The number of para-hydroxylation sites is 1. The van der Waals surface area contributed by atoms with Gasteiger partial charge in [0.1, 0.15) is 11.3 Å². The minimum Gasteiger partial charge on any atom is -0.459 e. The van der Waals surface area contributed by atoms with Gasteiger partial charge in [-0.15, -0.1) is 0 Å². The number of hydrogen-bond acceptors (Lipinski definition) is 4. The number of nitrogens with one attached hydrogen (secondary N) is 1. The van der Waals surface area contributed by atoms with Gasteiger partial charge in [0.25, 0.3) is 0 Å². The maximum Gasteiger partial charge on any atom is 0.231 e. The van der Waals surface area contributed by atoms with E-state index in [1.165, 1.54) is 0 Å². The number of ether oxygens (including phenoxy) is 2. The first kappa shape index (κ1) is 15.6. The Morgan fingerprint density at radius 1 is 1.12 bits per heavy atom. The van der Waals surface area contributed by atoms with E-state index in [9.17, 15) is 4.79 Å². The van der Waals surface area contributed by atoms with Gasteiger partial charge in [0.2, 0.25) is 12.7 Å². The Bertz CT molecular complexity index is 882. The van der Waals surface area contributed by atoms with Gasteiger partial charge in [-0.3, -0.25) is 4.79 Å². The zero-order chi connectivity index (χ0) is 17.2. The number of benzene rings is 2. The Morgan fingerprint density at radius 3 is 2.84 bits per heavy atom. The van der Waals surface area contributed by atoms with Crippen molar-refractivity contribution in [3.8, 4) is 11.5 Å². The topological polar surface area (TPSA) is 60.7 Å². The summed E-state index contributed by atoms with van der Waals surface area (Å²) in [5.74, 6) is 2.25. The monoisotopic (exact) mass is 337 g/mol. The van der Waals surface area contributed by atoms with Crippen molar-refractivity contribution < 1.29 is 18.7 Å². The second-order valence-electron chi connectivity index (χ2n) is 6.16. The van der Waals surface area contributed by atoms with Crippen molar-refractivity contribution in [2.24, 2.45) is 0 Å². The summed E-state index contributed by atoms with van der Waals surface area (Å²) >= 11 is 0. The molecule has 0 aliphatic carbocycles. The van der Waals surface area contributed by atoms with Crippen LogP contribution in [0.1, 0.15) is 30.7 Å². The van der Waals surface area contributed by atoms with E-state index in [1.54, 1.807) is 0 Å². The van der Waals surface area contributed by atoms with Crippen LogP contribution in [-0.2, 0) is 11.2 Å². The van der Waals surface area contributed by atoms with E-state index in [-0.39, 0.29) is 18.7 Å². The van der Waals surface area contributed by atoms with Crippen LogP contribution < -0.4 is 14.8 Å². The highest BCUT2D eigenvalue weighted by Gasteiger charge is 2.16. The summed E-state index contributed by atoms with van der Waals surface area (Å²) in [6.07, 6.45) is 1.06. The van der Waals surface area contributed by atoms with Gasteiger partial charge < -0.3 is 19.2 Å². The van der Waals surface area contributed by atoms with E-state index in [1.807, 2.05) is 55.5 Å². The van der Waals surface area contributed by atoms with E-state index in [0.29, 0.717) is 12.8 Å². The van der Waals surface area contributed by atoms with Crippen molar-refractivity contribution in [2.75, 3.05) is 6.79 Å². The number of carbonyl (C=O) groups excluding carboxylic acids is 1. The molecule has 4 rings (SSSR count). The highest BCUT2D eigenvalue weighted by molar-refractivity contribution is 5.79. The summed E-state index contributed by atoms with van der Waals surface area (Å²) in [5.41, 5.74) is 1.88. The first-order valence-corrected chi connectivity index (χ1v) is 8.35. The van der Waals surface area contributed by atoms with E-state index < -0.39 is 0 Å². The average molecular weight is 337 g/mol. The molecule has 2 heterocycles. The third-order valence-electron chi connectivity index (χ3n) is 4.33. The molecule has 1 atom stereocenters. The molecule has 0 bridgehead atoms. The van der Waals surface area contributed by atoms with Gasteiger partial charge in [-0.05, 0) is 43.2 Å². The Labute approximate surface area is 145 Å². The summed E-state index contributed by atoms with van der Waals surface area (Å²) in [6.45, 7) is 2.18. The van der Waals surface area contributed by atoms with Crippen molar-refractivity contribution in [3.63, 3.8) is 0 Å². The van der Waals surface area contributed by atoms with Crippen LogP contribution in [-0.4, -0.2) is 12.7 Å². The molecule has 3 aromatic rings. The normalized spacial score (nSPS) is 13.8. The lowest BCUT2D eigenvalue weighted by Gasteiger charge is -2.11. The lowest BCUT2D eigenvalue weighted by Crippen LogP contribution is -2.26. The predicted molar refractivity (Wildman–Crippen MR) is 93.7 cm³/mol. The third kappa shape index (κ3) is 3.31. The van der Waals surface area contributed by atoms with Crippen molar-refractivity contribution in [2.45, 2.75) is 25.8 Å². The maximum absolute atomic E-state index is 12.2. The van der Waals surface area contributed by atoms with E-state index in [2.05, 4.69) is 5.32 Å². The van der Waals surface area contributed by atoms with Crippen LogP contribution in [0, 0.1) is 0 Å². The van der Waals surface area contributed by atoms with Crippen molar-refractivity contribution in [3.05, 3.63) is 59.9 Å². The molecule has 0 fully saturated rings. The smallest absolute Gasteiger partial charge is 0.231 e. The number of hydrogen-bond donors (Lipinski definition) is 1. The zero-order valence-corrected chi connectivity index (χ0v) is 14.0. The predicted octanol–water partition coefficient (Wildman–Crippen LogP) is 3.97. The number of amides is 1. The molecule has 128 valence electrons. The van der Waals surface area contributed by atoms with Crippen LogP contribution in [0.3, 0.4) is 0 Å². The number of rotatable bonds is 5. The van der Waals surface area contributed by atoms with Crippen LogP contribution in [0.4, 0.5) is 0 Å². The van der Waals surface area contributed by atoms with E-state index in [4.69, 9.17) is 13.9 Å². The summed E-state index contributed by atoms with van der Waals surface area (Å²) in [4.78, 5) is 12.2. The molecule has 5 heteroatoms. The number of carbonyl (C=O) groups is 1. The fraction of sp³-hybridized carbons (Fsp3) is 0.250. The lowest BCUT2D eigenvalue weighted by atomic mass is 10.1. The maximum atomic E-state index is 12.2. The minimum absolute atomic E-state index is 0.00868. The van der Waals surface area contributed by atoms with Crippen LogP contribution in [0.15, 0.2) is 52.9 Å². The molecule has 0 saturated carbocycles. The van der Waals surface area contributed by atoms with Gasteiger partial charge in [-0.2, -0.15) is 0 Å². The zero-order valence-electron chi connectivity index (χ0n) is 14.0. The lowest BCUT2D eigenvalue weighted by molar-refractivity contribution is -0.121.